The Balaban J connectivity index is 0.000000697. The molecule has 1 rings (SSSR count). The van der Waals surface area contributed by atoms with Crippen molar-refractivity contribution in [1.82, 2.24) is 10.6 Å². The predicted molar refractivity (Wildman–Crippen MR) is 104 cm³/mol. The molecule has 1 aromatic carbocycles. The van der Waals surface area contributed by atoms with Gasteiger partial charge in [0.15, 0.2) is 0 Å². The monoisotopic (exact) mass is 348 g/mol. The van der Waals surface area contributed by atoms with Gasteiger partial charge in [-0.1, -0.05) is 58.1 Å². The molecule has 0 fully saturated rings. The number of hydrogen-bond donors (Lipinski definition) is 2. The second kappa shape index (κ2) is 14.1. The molecule has 0 unspecified atom stereocenters. The van der Waals surface area contributed by atoms with Crippen LogP contribution in [0.1, 0.15) is 58.4 Å². The molecule has 5 heteroatoms. The molecular weight excluding hydrogens is 316 g/mol. The van der Waals surface area contributed by atoms with Gasteiger partial charge in [0.25, 0.3) is 0 Å². The largest absolute Gasteiger partial charge is 0.412 e. The van der Waals surface area contributed by atoms with E-state index in [1.807, 2.05) is 0 Å². The molecule has 2 amide bonds. The maximum atomic E-state index is 11.3. The molecule has 0 bridgehead atoms. The van der Waals surface area contributed by atoms with E-state index in [2.05, 4.69) is 24.5 Å². The van der Waals surface area contributed by atoms with Crippen molar-refractivity contribution in [3.8, 4) is 5.75 Å². The van der Waals surface area contributed by atoms with Gasteiger partial charge >= 0.3 is 6.09 Å². The number of unbranched alkanes of at least 4 members (excludes halogenated alkanes) is 4. The first kappa shape index (κ1) is 22.7. The zero-order valence-corrected chi connectivity index (χ0v) is 16.1. The third kappa shape index (κ3) is 11.0. The molecular formula is C20H32N2O3. The summed E-state index contributed by atoms with van der Waals surface area (Å²) in [6.45, 7) is 6.22. The fourth-order valence-corrected chi connectivity index (χ4v) is 1.98. The number of carbonyl (C=O) groups is 2. The number of ether oxygens (including phenoxy) is 1. The van der Waals surface area contributed by atoms with Gasteiger partial charge in [0, 0.05) is 19.7 Å². The number of likely N-dealkylation sites (N-methyl/N-ethyl adjacent to an activating group) is 1. The van der Waals surface area contributed by atoms with Crippen LogP contribution in [0.5, 0.6) is 5.75 Å². The van der Waals surface area contributed by atoms with E-state index in [4.69, 9.17) is 4.74 Å². The van der Waals surface area contributed by atoms with Crippen LogP contribution < -0.4 is 15.4 Å². The van der Waals surface area contributed by atoms with Crippen molar-refractivity contribution in [2.75, 3.05) is 14.1 Å². The van der Waals surface area contributed by atoms with Crippen molar-refractivity contribution in [1.29, 1.82) is 0 Å². The topological polar surface area (TPSA) is 67.4 Å². The van der Waals surface area contributed by atoms with Gasteiger partial charge < -0.3 is 15.4 Å². The summed E-state index contributed by atoms with van der Waals surface area (Å²) in [7, 11) is 3.08. The molecule has 5 nitrogen and oxygen atoms in total. The van der Waals surface area contributed by atoms with E-state index in [1.54, 1.807) is 44.3 Å². The molecule has 0 atom stereocenters. The summed E-state index contributed by atoms with van der Waals surface area (Å²) in [6.07, 6.45) is 8.25. The molecule has 0 saturated carbocycles. The van der Waals surface area contributed by atoms with E-state index >= 15 is 0 Å². The Kier molecular flexibility index (Phi) is 12.8. The summed E-state index contributed by atoms with van der Waals surface area (Å²) in [6, 6.07) is 6.87. The van der Waals surface area contributed by atoms with Crippen molar-refractivity contribution in [3.63, 3.8) is 0 Å². The van der Waals surface area contributed by atoms with Crippen LogP contribution >= 0.6 is 0 Å². The summed E-state index contributed by atoms with van der Waals surface area (Å²) in [5.74, 6) is 0.324. The summed E-state index contributed by atoms with van der Waals surface area (Å²) >= 11 is 0. The smallest absolute Gasteiger partial charge is 0.410 e. The highest BCUT2D eigenvalue weighted by atomic mass is 16.5. The molecule has 1 aromatic rings. The van der Waals surface area contributed by atoms with Gasteiger partial charge in [-0.25, -0.2) is 4.79 Å². The molecule has 0 aliphatic carbocycles. The lowest BCUT2D eigenvalue weighted by atomic mass is 10.1. The van der Waals surface area contributed by atoms with Crippen LogP contribution in [0.3, 0.4) is 0 Å². The molecule has 0 heterocycles. The highest BCUT2D eigenvalue weighted by Crippen LogP contribution is 2.14. The predicted octanol–water partition coefficient (Wildman–Crippen LogP) is 4.53. The summed E-state index contributed by atoms with van der Waals surface area (Å²) < 4.78 is 4.94. The average Bonchev–Trinajstić information content (AvgIpc) is 2.63. The molecule has 0 aliphatic heterocycles. The minimum absolute atomic E-state index is 0.124. The average molecular weight is 348 g/mol. The van der Waals surface area contributed by atoms with Crippen molar-refractivity contribution < 1.29 is 14.3 Å². The minimum Gasteiger partial charge on any atom is -0.410 e. The van der Waals surface area contributed by atoms with Gasteiger partial charge in [-0.2, -0.15) is 0 Å². The lowest BCUT2D eigenvalue weighted by Gasteiger charge is -2.04. The molecule has 25 heavy (non-hydrogen) atoms. The Morgan fingerprint density at radius 1 is 0.960 bits per heavy atom. The number of hydrogen-bond acceptors (Lipinski definition) is 3. The molecule has 0 aromatic heterocycles. The number of carbonyl (C=O) groups excluding carboxylic acids is 2. The highest BCUT2D eigenvalue weighted by molar-refractivity contribution is 5.97. The number of amides is 2. The third-order valence-corrected chi connectivity index (χ3v) is 3.47. The Hall–Kier alpha value is -2.30. The van der Waals surface area contributed by atoms with Gasteiger partial charge in [0.1, 0.15) is 5.75 Å². The van der Waals surface area contributed by atoms with Crippen molar-refractivity contribution in [2.45, 2.75) is 52.9 Å². The fraction of sp³-hybridized carbons (Fsp3) is 0.500. The van der Waals surface area contributed by atoms with E-state index in [0.29, 0.717) is 11.3 Å². The van der Waals surface area contributed by atoms with Gasteiger partial charge in [0.05, 0.1) is 0 Å². The van der Waals surface area contributed by atoms with E-state index in [9.17, 15) is 9.59 Å². The molecule has 2 N–H and O–H groups in total. The van der Waals surface area contributed by atoms with Gasteiger partial charge in [-0.3, -0.25) is 4.79 Å². The molecule has 0 radical (unpaired) electrons. The molecule has 0 spiro atoms. The normalized spacial score (nSPS) is 10.4. The Bertz CT molecular complexity index is 532. The Morgan fingerprint density at radius 3 is 1.96 bits per heavy atom. The van der Waals surface area contributed by atoms with Gasteiger partial charge in [-0.15, -0.1) is 0 Å². The van der Waals surface area contributed by atoms with Crippen molar-refractivity contribution >= 4 is 18.1 Å². The summed E-state index contributed by atoms with van der Waals surface area (Å²) in [5.41, 5.74) is 1.47. The lowest BCUT2D eigenvalue weighted by Crippen LogP contribution is -2.21. The van der Waals surface area contributed by atoms with Crippen LogP contribution in [0, 0.1) is 0 Å². The van der Waals surface area contributed by atoms with Gasteiger partial charge in [0.2, 0.25) is 5.91 Å². The number of benzene rings is 1. The third-order valence-electron chi connectivity index (χ3n) is 3.47. The van der Waals surface area contributed by atoms with Crippen LogP contribution in [0.25, 0.3) is 6.08 Å². The maximum Gasteiger partial charge on any atom is 0.412 e. The van der Waals surface area contributed by atoms with Gasteiger partial charge in [-0.05, 0) is 30.7 Å². The lowest BCUT2D eigenvalue weighted by molar-refractivity contribution is -0.116. The van der Waals surface area contributed by atoms with Crippen LogP contribution in [-0.2, 0) is 4.79 Å². The molecule has 0 saturated heterocycles. The SMILES string of the molecule is CCCCCCC.CNC(=O)Oc1ccc(/C=C(\C)C(=O)NC)cc1. The van der Waals surface area contributed by atoms with E-state index in [-0.39, 0.29) is 5.91 Å². The highest BCUT2D eigenvalue weighted by Gasteiger charge is 2.02. The molecule has 140 valence electrons. The number of rotatable bonds is 7. The number of nitrogens with one attached hydrogen (secondary N) is 2. The van der Waals surface area contributed by atoms with E-state index in [0.717, 1.165) is 5.56 Å². The second-order valence-electron chi connectivity index (χ2n) is 5.68. The zero-order chi connectivity index (χ0) is 19.1. The Morgan fingerprint density at radius 2 is 1.52 bits per heavy atom. The fourth-order valence-electron chi connectivity index (χ4n) is 1.98. The van der Waals surface area contributed by atoms with Crippen molar-refractivity contribution in [3.05, 3.63) is 35.4 Å². The Labute approximate surface area is 151 Å². The maximum absolute atomic E-state index is 11.3. The molecule has 0 aliphatic rings. The first-order chi connectivity index (χ1) is 12.0. The van der Waals surface area contributed by atoms with Crippen LogP contribution in [0.2, 0.25) is 0 Å². The van der Waals surface area contributed by atoms with Crippen LogP contribution in [-0.4, -0.2) is 26.1 Å². The first-order valence-electron chi connectivity index (χ1n) is 8.88. The van der Waals surface area contributed by atoms with Crippen LogP contribution in [0.4, 0.5) is 4.79 Å². The van der Waals surface area contributed by atoms with Crippen LogP contribution in [0.15, 0.2) is 29.8 Å². The zero-order valence-electron chi connectivity index (χ0n) is 16.1. The standard InChI is InChI=1S/C13H16N2O3.C7H16/c1-9(12(16)14-2)8-10-4-6-11(7-5-10)18-13(17)15-3;1-3-5-7-6-4-2/h4-8H,1-3H3,(H,14,16)(H,15,17);3-7H2,1-2H3/b9-8+;. The summed E-state index contributed by atoms with van der Waals surface area (Å²) in [5, 5.41) is 4.90. The van der Waals surface area contributed by atoms with E-state index < -0.39 is 6.09 Å². The summed E-state index contributed by atoms with van der Waals surface area (Å²) in [4.78, 5) is 22.3. The second-order valence-corrected chi connectivity index (χ2v) is 5.68. The quantitative estimate of drug-likeness (QED) is 0.562. The minimum atomic E-state index is -0.514. The first-order valence-corrected chi connectivity index (χ1v) is 8.88. The van der Waals surface area contributed by atoms with Crippen molar-refractivity contribution in [2.24, 2.45) is 0 Å². The van der Waals surface area contributed by atoms with E-state index in [1.165, 1.54) is 39.2 Å².